The molecule has 1 N–H and O–H groups in total. The number of benzene rings is 1. The van der Waals surface area contributed by atoms with Crippen LogP contribution >= 0.6 is 0 Å². The van der Waals surface area contributed by atoms with Crippen LogP contribution in [0.15, 0.2) is 24.3 Å². The number of hydrogen-bond acceptors (Lipinski definition) is 3. The van der Waals surface area contributed by atoms with E-state index in [0.29, 0.717) is 18.7 Å². The van der Waals surface area contributed by atoms with Crippen molar-refractivity contribution in [2.45, 2.75) is 51.8 Å². The van der Waals surface area contributed by atoms with Gasteiger partial charge in [0.25, 0.3) is 0 Å². The van der Waals surface area contributed by atoms with Crippen LogP contribution in [0.5, 0.6) is 0 Å². The molecule has 2 rings (SSSR count). The van der Waals surface area contributed by atoms with Gasteiger partial charge in [-0.15, -0.1) is 0 Å². The van der Waals surface area contributed by atoms with E-state index >= 15 is 0 Å². The Morgan fingerprint density at radius 2 is 2.05 bits per heavy atom. The van der Waals surface area contributed by atoms with Crippen LogP contribution in [0.25, 0.3) is 0 Å². The summed E-state index contributed by atoms with van der Waals surface area (Å²) >= 11 is 0. The van der Waals surface area contributed by atoms with Crippen molar-refractivity contribution >= 4 is 5.69 Å². The summed E-state index contributed by atoms with van der Waals surface area (Å²) in [5.41, 5.74) is 2.48. The lowest BCUT2D eigenvalue weighted by Gasteiger charge is -2.24. The number of rotatable bonds is 5. The Labute approximate surface area is 123 Å². The van der Waals surface area contributed by atoms with Crippen molar-refractivity contribution in [1.82, 2.24) is 4.90 Å². The number of likely N-dealkylation sites (tertiary alicyclic amines) is 1. The molecule has 3 heteroatoms. The SMILES string of the molecule is COCc1ccccc1NC1CCCN(C(C)C)CC1. The molecule has 0 radical (unpaired) electrons. The van der Waals surface area contributed by atoms with Gasteiger partial charge < -0.3 is 15.0 Å². The van der Waals surface area contributed by atoms with E-state index in [1.807, 2.05) is 0 Å². The maximum absolute atomic E-state index is 5.28. The monoisotopic (exact) mass is 276 g/mol. The molecule has 0 amide bonds. The summed E-state index contributed by atoms with van der Waals surface area (Å²) in [6.07, 6.45) is 3.76. The van der Waals surface area contributed by atoms with E-state index in [1.54, 1.807) is 7.11 Å². The van der Waals surface area contributed by atoms with Crippen LogP contribution in [0.1, 0.15) is 38.7 Å². The van der Waals surface area contributed by atoms with Gasteiger partial charge in [0.15, 0.2) is 0 Å². The van der Waals surface area contributed by atoms with Crippen LogP contribution in [0.2, 0.25) is 0 Å². The number of methoxy groups -OCH3 is 1. The number of nitrogens with one attached hydrogen (secondary N) is 1. The van der Waals surface area contributed by atoms with Gasteiger partial charge in [0, 0.05) is 37.0 Å². The van der Waals surface area contributed by atoms with Crippen LogP contribution < -0.4 is 5.32 Å². The van der Waals surface area contributed by atoms with Crippen molar-refractivity contribution in [3.63, 3.8) is 0 Å². The van der Waals surface area contributed by atoms with Crippen LogP contribution in [0.3, 0.4) is 0 Å². The maximum Gasteiger partial charge on any atom is 0.0733 e. The number of anilines is 1. The van der Waals surface area contributed by atoms with Crippen molar-refractivity contribution in [2.24, 2.45) is 0 Å². The normalized spacial score (nSPS) is 20.9. The molecule has 112 valence electrons. The molecule has 0 saturated carbocycles. The fraction of sp³-hybridized carbons (Fsp3) is 0.647. The zero-order valence-electron chi connectivity index (χ0n) is 13.1. The Balaban J connectivity index is 1.96. The first kappa shape index (κ1) is 15.3. The summed E-state index contributed by atoms with van der Waals surface area (Å²) in [6.45, 7) is 7.69. The van der Waals surface area contributed by atoms with Gasteiger partial charge in [-0.25, -0.2) is 0 Å². The fourth-order valence-corrected chi connectivity index (χ4v) is 2.94. The Morgan fingerprint density at radius 1 is 1.25 bits per heavy atom. The summed E-state index contributed by atoms with van der Waals surface area (Å²) < 4.78 is 5.28. The third-order valence-corrected chi connectivity index (χ3v) is 4.17. The average Bonchev–Trinajstić information content (AvgIpc) is 2.67. The Bertz CT molecular complexity index is 406. The zero-order chi connectivity index (χ0) is 14.4. The predicted molar refractivity (Wildman–Crippen MR) is 85.1 cm³/mol. The van der Waals surface area contributed by atoms with E-state index in [0.717, 1.165) is 0 Å². The molecule has 1 aromatic rings. The average molecular weight is 276 g/mol. The number of ether oxygens (including phenoxy) is 1. The lowest BCUT2D eigenvalue weighted by atomic mass is 10.1. The maximum atomic E-state index is 5.28. The van der Waals surface area contributed by atoms with Crippen molar-refractivity contribution in [2.75, 3.05) is 25.5 Å². The van der Waals surface area contributed by atoms with Crippen LogP contribution in [-0.2, 0) is 11.3 Å². The molecule has 1 aliphatic heterocycles. The standard InChI is InChI=1S/C17H28N2O/c1-14(2)19-11-6-8-16(10-12-19)18-17-9-5-4-7-15(17)13-20-3/h4-5,7,9,14,16,18H,6,8,10-13H2,1-3H3. The van der Waals surface area contributed by atoms with Gasteiger partial charge in [-0.2, -0.15) is 0 Å². The minimum Gasteiger partial charge on any atom is -0.382 e. The molecule has 1 fully saturated rings. The Hall–Kier alpha value is -1.06. The second-order valence-electron chi connectivity index (χ2n) is 5.99. The quantitative estimate of drug-likeness (QED) is 0.890. The topological polar surface area (TPSA) is 24.5 Å². The molecular weight excluding hydrogens is 248 g/mol. The molecule has 0 bridgehead atoms. The van der Waals surface area contributed by atoms with Gasteiger partial charge >= 0.3 is 0 Å². The third kappa shape index (κ3) is 4.22. The first-order valence-electron chi connectivity index (χ1n) is 7.78. The Kier molecular flexibility index (Phi) is 5.86. The molecule has 20 heavy (non-hydrogen) atoms. The molecule has 1 unspecified atom stereocenters. The van der Waals surface area contributed by atoms with Gasteiger partial charge in [0.05, 0.1) is 6.61 Å². The highest BCUT2D eigenvalue weighted by molar-refractivity contribution is 5.51. The van der Waals surface area contributed by atoms with E-state index in [9.17, 15) is 0 Å². The number of nitrogens with zero attached hydrogens (tertiary/aromatic N) is 1. The second-order valence-corrected chi connectivity index (χ2v) is 5.99. The van der Waals surface area contributed by atoms with E-state index in [-0.39, 0.29) is 0 Å². The molecule has 1 aliphatic rings. The lowest BCUT2D eigenvalue weighted by molar-refractivity contribution is 0.185. The Morgan fingerprint density at radius 3 is 2.80 bits per heavy atom. The van der Waals surface area contributed by atoms with Crippen molar-refractivity contribution < 1.29 is 4.74 Å². The van der Waals surface area contributed by atoms with Crippen LogP contribution in [-0.4, -0.2) is 37.2 Å². The summed E-state index contributed by atoms with van der Waals surface area (Å²) in [7, 11) is 1.75. The van der Waals surface area contributed by atoms with E-state index in [2.05, 4.69) is 48.3 Å². The molecule has 0 aromatic heterocycles. The molecule has 0 aliphatic carbocycles. The zero-order valence-corrected chi connectivity index (χ0v) is 13.1. The third-order valence-electron chi connectivity index (χ3n) is 4.17. The minimum atomic E-state index is 0.580. The molecule has 1 heterocycles. The molecule has 3 nitrogen and oxygen atoms in total. The van der Waals surface area contributed by atoms with Gasteiger partial charge in [0.1, 0.15) is 0 Å². The van der Waals surface area contributed by atoms with Gasteiger partial charge in [0.2, 0.25) is 0 Å². The summed E-state index contributed by atoms with van der Waals surface area (Å²) in [5, 5.41) is 3.73. The molecule has 1 atom stereocenters. The van der Waals surface area contributed by atoms with Crippen LogP contribution in [0.4, 0.5) is 5.69 Å². The molecule has 0 spiro atoms. The van der Waals surface area contributed by atoms with Crippen molar-refractivity contribution in [3.8, 4) is 0 Å². The lowest BCUT2D eigenvalue weighted by Crippen LogP contribution is -2.32. The summed E-state index contributed by atoms with van der Waals surface area (Å²) in [4.78, 5) is 2.59. The second kappa shape index (κ2) is 7.65. The number of para-hydroxylation sites is 1. The highest BCUT2D eigenvalue weighted by atomic mass is 16.5. The molecule has 1 aromatic carbocycles. The van der Waals surface area contributed by atoms with Crippen molar-refractivity contribution in [3.05, 3.63) is 29.8 Å². The molecule has 1 saturated heterocycles. The van der Waals surface area contributed by atoms with Gasteiger partial charge in [-0.05, 0) is 45.7 Å². The largest absolute Gasteiger partial charge is 0.382 e. The van der Waals surface area contributed by atoms with Gasteiger partial charge in [-0.1, -0.05) is 18.2 Å². The van der Waals surface area contributed by atoms with E-state index < -0.39 is 0 Å². The van der Waals surface area contributed by atoms with E-state index in [4.69, 9.17) is 4.74 Å². The van der Waals surface area contributed by atoms with Gasteiger partial charge in [-0.3, -0.25) is 0 Å². The highest BCUT2D eigenvalue weighted by Gasteiger charge is 2.19. The fourth-order valence-electron chi connectivity index (χ4n) is 2.94. The van der Waals surface area contributed by atoms with Crippen LogP contribution in [0, 0.1) is 0 Å². The summed E-state index contributed by atoms with van der Waals surface area (Å²) in [5.74, 6) is 0. The molecular formula is C17H28N2O. The minimum absolute atomic E-state index is 0.580. The highest BCUT2D eigenvalue weighted by Crippen LogP contribution is 2.21. The first-order valence-corrected chi connectivity index (χ1v) is 7.78. The van der Waals surface area contributed by atoms with Crippen molar-refractivity contribution in [1.29, 1.82) is 0 Å². The first-order chi connectivity index (χ1) is 9.70. The summed E-state index contributed by atoms with van der Waals surface area (Å²) in [6, 6.07) is 9.72. The smallest absolute Gasteiger partial charge is 0.0733 e. The number of hydrogen-bond donors (Lipinski definition) is 1. The predicted octanol–water partition coefficient (Wildman–Crippen LogP) is 3.51. The van der Waals surface area contributed by atoms with E-state index in [1.165, 1.54) is 43.6 Å².